The van der Waals surface area contributed by atoms with E-state index in [4.69, 9.17) is 0 Å². The summed E-state index contributed by atoms with van der Waals surface area (Å²) < 4.78 is 3.66. The van der Waals surface area contributed by atoms with Gasteiger partial charge in [-0.3, -0.25) is 10.1 Å². The number of hydrogen-bond donors (Lipinski definition) is 1. The van der Waals surface area contributed by atoms with Crippen molar-refractivity contribution in [1.82, 2.24) is 14.8 Å². The van der Waals surface area contributed by atoms with Crippen LogP contribution in [0.4, 0.5) is 5.95 Å². The van der Waals surface area contributed by atoms with Crippen LogP contribution < -0.4 is 5.32 Å². The number of aromatic nitrogens is 3. The fraction of sp³-hybridized carbons (Fsp3) is 0.118. The first-order valence-electron chi connectivity index (χ1n) is 7.23. The van der Waals surface area contributed by atoms with E-state index >= 15 is 0 Å². The molecule has 3 aromatic rings. The van der Waals surface area contributed by atoms with Gasteiger partial charge in [-0.25, -0.2) is 9.67 Å². The number of hydrogen-bond acceptors (Lipinski definition) is 3. The minimum atomic E-state index is -0.204. The summed E-state index contributed by atoms with van der Waals surface area (Å²) in [4.78, 5) is 16.5. The largest absolute Gasteiger partial charge is 0.289 e. The molecule has 0 unspecified atom stereocenters. The molecule has 0 spiro atoms. The van der Waals surface area contributed by atoms with Crippen molar-refractivity contribution in [2.75, 3.05) is 5.32 Å². The van der Waals surface area contributed by atoms with Crippen LogP contribution in [0.25, 0.3) is 0 Å². The third kappa shape index (κ3) is 4.02. The number of rotatable bonds is 4. The summed E-state index contributed by atoms with van der Waals surface area (Å²) in [5.41, 5.74) is 2.80. The molecule has 1 aromatic heterocycles. The Bertz CT molecular complexity index is 877. The second-order valence-electron chi connectivity index (χ2n) is 5.28. The number of halogens is 2. The summed E-state index contributed by atoms with van der Waals surface area (Å²) >= 11 is 5.59. The lowest BCUT2D eigenvalue weighted by molar-refractivity contribution is 0.102. The van der Waals surface area contributed by atoms with Crippen LogP contribution in [-0.2, 0) is 6.54 Å². The molecule has 0 saturated heterocycles. The van der Waals surface area contributed by atoms with E-state index in [0.29, 0.717) is 18.1 Å². The van der Waals surface area contributed by atoms with Gasteiger partial charge in [-0.1, -0.05) is 40.2 Å². The van der Waals surface area contributed by atoms with E-state index in [-0.39, 0.29) is 5.91 Å². The Morgan fingerprint density at radius 3 is 2.75 bits per heavy atom. The zero-order valence-electron chi connectivity index (χ0n) is 12.8. The highest BCUT2D eigenvalue weighted by molar-refractivity contribution is 14.1. The molecule has 2 aromatic carbocycles. The second kappa shape index (κ2) is 7.43. The minimum absolute atomic E-state index is 0.204. The highest BCUT2D eigenvalue weighted by Crippen LogP contribution is 2.17. The van der Waals surface area contributed by atoms with E-state index in [2.05, 4.69) is 53.9 Å². The minimum Gasteiger partial charge on any atom is -0.289 e. The van der Waals surface area contributed by atoms with Crippen LogP contribution in [0.1, 0.15) is 21.5 Å². The van der Waals surface area contributed by atoms with Crippen molar-refractivity contribution in [2.24, 2.45) is 0 Å². The molecule has 0 bridgehead atoms. The molecule has 0 aliphatic heterocycles. The topological polar surface area (TPSA) is 59.8 Å². The molecule has 1 amide bonds. The SMILES string of the molecule is Cc1cccc(C(=O)Nc2ncn(Cc3ccc(Br)cc3)n2)c1I. The van der Waals surface area contributed by atoms with E-state index in [1.807, 2.05) is 43.3 Å². The summed E-state index contributed by atoms with van der Waals surface area (Å²) in [5.74, 6) is 0.0962. The first-order chi connectivity index (χ1) is 11.5. The Morgan fingerprint density at radius 1 is 1.25 bits per heavy atom. The molecule has 1 heterocycles. The highest BCUT2D eigenvalue weighted by Gasteiger charge is 2.13. The molecule has 0 radical (unpaired) electrons. The summed E-state index contributed by atoms with van der Waals surface area (Å²) in [7, 11) is 0. The van der Waals surface area contributed by atoms with Crippen LogP contribution in [0, 0.1) is 10.5 Å². The normalized spacial score (nSPS) is 10.6. The van der Waals surface area contributed by atoms with Gasteiger partial charge in [0.15, 0.2) is 0 Å². The summed E-state index contributed by atoms with van der Waals surface area (Å²) in [6.45, 7) is 2.57. The van der Waals surface area contributed by atoms with Crippen LogP contribution in [0.3, 0.4) is 0 Å². The van der Waals surface area contributed by atoms with E-state index in [1.54, 1.807) is 17.1 Å². The van der Waals surface area contributed by atoms with Crippen molar-refractivity contribution >= 4 is 50.4 Å². The van der Waals surface area contributed by atoms with E-state index in [0.717, 1.165) is 19.2 Å². The van der Waals surface area contributed by atoms with Gasteiger partial charge in [0, 0.05) is 8.04 Å². The summed E-state index contributed by atoms with van der Waals surface area (Å²) in [6.07, 6.45) is 1.61. The maximum Gasteiger partial charge on any atom is 0.259 e. The number of benzene rings is 2. The van der Waals surface area contributed by atoms with Gasteiger partial charge in [0.25, 0.3) is 5.91 Å². The Morgan fingerprint density at radius 2 is 2.00 bits per heavy atom. The van der Waals surface area contributed by atoms with Crippen molar-refractivity contribution in [2.45, 2.75) is 13.5 Å². The third-order valence-electron chi connectivity index (χ3n) is 3.46. The molecular weight excluding hydrogens is 483 g/mol. The van der Waals surface area contributed by atoms with Gasteiger partial charge in [0.05, 0.1) is 12.1 Å². The van der Waals surface area contributed by atoms with Gasteiger partial charge in [-0.2, -0.15) is 0 Å². The average Bonchev–Trinajstić information content (AvgIpc) is 2.99. The molecule has 7 heteroatoms. The standard InChI is InChI=1S/C17H14BrIN4O/c1-11-3-2-4-14(15(11)19)16(24)21-17-20-10-23(22-17)9-12-5-7-13(18)8-6-12/h2-8,10H,9H2,1H3,(H,21,22,24). The lowest BCUT2D eigenvalue weighted by Crippen LogP contribution is -2.15. The number of anilines is 1. The molecule has 122 valence electrons. The van der Waals surface area contributed by atoms with E-state index in [9.17, 15) is 4.79 Å². The Kier molecular flexibility index (Phi) is 5.30. The maximum absolute atomic E-state index is 12.4. The first kappa shape index (κ1) is 17.1. The number of aryl methyl sites for hydroxylation is 1. The van der Waals surface area contributed by atoms with Gasteiger partial charge in [-0.15, -0.1) is 5.10 Å². The number of nitrogens with zero attached hydrogens (tertiary/aromatic N) is 3. The highest BCUT2D eigenvalue weighted by atomic mass is 127. The number of carbonyl (C=O) groups is 1. The molecule has 24 heavy (non-hydrogen) atoms. The number of nitrogens with one attached hydrogen (secondary N) is 1. The van der Waals surface area contributed by atoms with Crippen molar-refractivity contribution in [3.05, 3.63) is 73.5 Å². The van der Waals surface area contributed by atoms with Crippen molar-refractivity contribution in [3.63, 3.8) is 0 Å². The van der Waals surface area contributed by atoms with E-state index < -0.39 is 0 Å². The molecule has 0 aliphatic rings. The van der Waals surface area contributed by atoms with Gasteiger partial charge < -0.3 is 0 Å². The number of carbonyl (C=O) groups excluding carboxylic acids is 1. The second-order valence-corrected chi connectivity index (χ2v) is 7.28. The molecule has 0 atom stereocenters. The van der Waals surface area contributed by atoms with Gasteiger partial charge in [0.1, 0.15) is 6.33 Å². The van der Waals surface area contributed by atoms with Crippen LogP contribution in [0.2, 0.25) is 0 Å². The van der Waals surface area contributed by atoms with Crippen LogP contribution in [0.15, 0.2) is 53.3 Å². The zero-order valence-corrected chi connectivity index (χ0v) is 16.6. The van der Waals surface area contributed by atoms with Crippen molar-refractivity contribution in [1.29, 1.82) is 0 Å². The predicted molar refractivity (Wildman–Crippen MR) is 105 cm³/mol. The maximum atomic E-state index is 12.4. The quantitative estimate of drug-likeness (QED) is 0.549. The zero-order chi connectivity index (χ0) is 17.1. The average molecular weight is 497 g/mol. The summed E-state index contributed by atoms with van der Waals surface area (Å²) in [6, 6.07) is 13.6. The van der Waals surface area contributed by atoms with Crippen LogP contribution in [0.5, 0.6) is 0 Å². The molecule has 5 nitrogen and oxygen atoms in total. The first-order valence-corrected chi connectivity index (χ1v) is 9.10. The lowest BCUT2D eigenvalue weighted by Gasteiger charge is -2.06. The predicted octanol–water partition coefficient (Wildman–Crippen LogP) is 4.25. The van der Waals surface area contributed by atoms with Gasteiger partial charge in [0.2, 0.25) is 5.95 Å². The van der Waals surface area contributed by atoms with E-state index in [1.165, 1.54) is 0 Å². The molecule has 0 fully saturated rings. The van der Waals surface area contributed by atoms with Crippen molar-refractivity contribution < 1.29 is 4.79 Å². The smallest absolute Gasteiger partial charge is 0.259 e. The molecule has 1 N–H and O–H groups in total. The summed E-state index contributed by atoms with van der Waals surface area (Å²) in [5, 5.41) is 7.05. The van der Waals surface area contributed by atoms with Crippen LogP contribution in [-0.4, -0.2) is 20.7 Å². The fourth-order valence-electron chi connectivity index (χ4n) is 2.20. The monoisotopic (exact) mass is 496 g/mol. The fourth-order valence-corrected chi connectivity index (χ4v) is 3.07. The van der Waals surface area contributed by atoms with Crippen molar-refractivity contribution in [3.8, 4) is 0 Å². The number of amides is 1. The lowest BCUT2D eigenvalue weighted by atomic mass is 10.1. The Labute approximate surface area is 161 Å². The van der Waals surface area contributed by atoms with Gasteiger partial charge >= 0.3 is 0 Å². The third-order valence-corrected chi connectivity index (χ3v) is 5.42. The Balaban J connectivity index is 1.70. The Hall–Kier alpha value is -1.74. The van der Waals surface area contributed by atoms with Crippen LogP contribution >= 0.6 is 38.5 Å². The molecule has 3 rings (SSSR count). The molecule has 0 aliphatic carbocycles. The molecule has 0 saturated carbocycles. The van der Waals surface area contributed by atoms with Gasteiger partial charge in [-0.05, 0) is 58.8 Å². The molecular formula is C17H14BrIN4O.